The number of thiazole rings is 1. The molecule has 0 unspecified atom stereocenters. The number of rotatable bonds is 8. The average molecular weight is 442 g/mol. The van der Waals surface area contributed by atoms with Crippen LogP contribution in [-0.2, 0) is 16.0 Å². The largest absolute Gasteiger partial charge is 0.496 e. The first-order valence-corrected chi connectivity index (χ1v) is 10.5. The lowest BCUT2D eigenvalue weighted by Gasteiger charge is -2.19. The number of carbonyl (C=O) groups is 2. The SMILES string of the molecule is COc1cc2sc(C(=O)CCC(=O)OC(C)(C)C)nc2cc1CCCBr. The van der Waals surface area contributed by atoms with E-state index in [0.29, 0.717) is 5.01 Å². The van der Waals surface area contributed by atoms with Gasteiger partial charge in [-0.05, 0) is 51.3 Å². The molecule has 0 N–H and O–H groups in total. The molecule has 0 radical (unpaired) electrons. The highest BCUT2D eigenvalue weighted by Gasteiger charge is 2.19. The van der Waals surface area contributed by atoms with Crippen molar-refractivity contribution in [1.82, 2.24) is 4.98 Å². The van der Waals surface area contributed by atoms with Crippen LogP contribution in [0.1, 0.15) is 55.4 Å². The van der Waals surface area contributed by atoms with Crippen molar-refractivity contribution in [2.45, 2.75) is 52.1 Å². The molecule has 2 aromatic rings. The summed E-state index contributed by atoms with van der Waals surface area (Å²) in [7, 11) is 1.65. The Balaban J connectivity index is 2.12. The van der Waals surface area contributed by atoms with Crippen LogP contribution in [0.25, 0.3) is 10.2 Å². The van der Waals surface area contributed by atoms with Gasteiger partial charge in [-0.15, -0.1) is 11.3 Å². The van der Waals surface area contributed by atoms with Gasteiger partial charge in [-0.3, -0.25) is 9.59 Å². The standard InChI is InChI=1S/C19H24BrNO4S/c1-19(2,3)25-17(23)8-7-14(22)18-21-13-10-12(6-5-9-20)15(24-4)11-16(13)26-18/h10-11H,5-9H2,1-4H3. The highest BCUT2D eigenvalue weighted by molar-refractivity contribution is 9.09. The maximum Gasteiger partial charge on any atom is 0.306 e. The molecular formula is C19H24BrNO4S. The summed E-state index contributed by atoms with van der Waals surface area (Å²) in [5.74, 6) is 0.304. The van der Waals surface area contributed by atoms with Gasteiger partial charge in [0.1, 0.15) is 11.4 Å². The van der Waals surface area contributed by atoms with Gasteiger partial charge in [0.15, 0.2) is 10.8 Å². The predicted molar refractivity (Wildman–Crippen MR) is 108 cm³/mol. The summed E-state index contributed by atoms with van der Waals surface area (Å²) in [6.45, 7) is 5.42. The zero-order valence-electron chi connectivity index (χ0n) is 15.6. The van der Waals surface area contributed by atoms with Gasteiger partial charge in [0.05, 0.1) is 23.7 Å². The molecular weight excluding hydrogens is 418 g/mol. The van der Waals surface area contributed by atoms with Crippen LogP contribution in [-0.4, -0.2) is 34.8 Å². The molecule has 1 heterocycles. The first-order valence-electron chi connectivity index (χ1n) is 8.52. The Morgan fingerprint density at radius 2 is 1.96 bits per heavy atom. The number of aromatic nitrogens is 1. The van der Waals surface area contributed by atoms with Crippen molar-refractivity contribution in [3.05, 3.63) is 22.7 Å². The zero-order chi connectivity index (χ0) is 19.3. The average Bonchev–Trinajstić information content (AvgIpc) is 2.98. The fraction of sp³-hybridized carbons (Fsp3) is 0.526. The Bertz CT molecular complexity index is 795. The van der Waals surface area contributed by atoms with E-state index in [1.807, 2.05) is 12.1 Å². The molecule has 0 atom stereocenters. The van der Waals surface area contributed by atoms with E-state index in [1.54, 1.807) is 27.9 Å². The van der Waals surface area contributed by atoms with Gasteiger partial charge in [-0.1, -0.05) is 15.9 Å². The number of aryl methyl sites for hydroxylation is 1. The molecule has 0 aliphatic rings. The van der Waals surface area contributed by atoms with Crippen molar-refractivity contribution < 1.29 is 19.1 Å². The molecule has 0 spiro atoms. The highest BCUT2D eigenvalue weighted by Crippen LogP contribution is 2.31. The van der Waals surface area contributed by atoms with Crippen LogP contribution in [0.15, 0.2) is 12.1 Å². The molecule has 142 valence electrons. The summed E-state index contributed by atoms with van der Waals surface area (Å²) in [6.07, 6.45) is 2.03. The van der Waals surface area contributed by atoms with E-state index in [9.17, 15) is 9.59 Å². The number of nitrogens with zero attached hydrogens (tertiary/aromatic N) is 1. The molecule has 0 bridgehead atoms. The summed E-state index contributed by atoms with van der Waals surface area (Å²) in [5.41, 5.74) is 1.33. The van der Waals surface area contributed by atoms with Gasteiger partial charge in [-0.25, -0.2) is 4.98 Å². The Labute approximate surface area is 166 Å². The van der Waals surface area contributed by atoms with Gasteiger partial charge in [-0.2, -0.15) is 0 Å². The van der Waals surface area contributed by atoms with Crippen LogP contribution in [0.3, 0.4) is 0 Å². The summed E-state index contributed by atoms with van der Waals surface area (Å²) < 4.78 is 11.6. The van der Waals surface area contributed by atoms with E-state index < -0.39 is 5.60 Å². The molecule has 1 aromatic heterocycles. The van der Waals surface area contributed by atoms with E-state index in [-0.39, 0.29) is 24.6 Å². The minimum absolute atomic E-state index is 0.0614. The van der Waals surface area contributed by atoms with Gasteiger partial charge in [0.2, 0.25) is 0 Å². The van der Waals surface area contributed by atoms with Crippen LogP contribution in [0, 0.1) is 0 Å². The summed E-state index contributed by atoms with van der Waals surface area (Å²) in [6, 6.07) is 3.92. The number of esters is 1. The van der Waals surface area contributed by atoms with Gasteiger partial charge in [0, 0.05) is 11.8 Å². The Morgan fingerprint density at radius 3 is 2.58 bits per heavy atom. The zero-order valence-corrected chi connectivity index (χ0v) is 18.0. The van der Waals surface area contributed by atoms with Crippen LogP contribution in [0.4, 0.5) is 0 Å². The summed E-state index contributed by atoms with van der Waals surface area (Å²) >= 11 is 4.77. The minimum Gasteiger partial charge on any atom is -0.496 e. The molecule has 0 fully saturated rings. The Morgan fingerprint density at radius 1 is 1.23 bits per heavy atom. The molecule has 7 heteroatoms. The van der Waals surface area contributed by atoms with E-state index in [1.165, 1.54) is 11.3 Å². The molecule has 1 aromatic carbocycles. The van der Waals surface area contributed by atoms with Crippen molar-refractivity contribution in [2.75, 3.05) is 12.4 Å². The smallest absolute Gasteiger partial charge is 0.306 e. The fourth-order valence-electron chi connectivity index (χ4n) is 2.48. The van der Waals surface area contributed by atoms with Crippen LogP contribution >= 0.6 is 27.3 Å². The molecule has 0 aliphatic carbocycles. The lowest BCUT2D eigenvalue weighted by Crippen LogP contribution is -2.24. The molecule has 5 nitrogen and oxygen atoms in total. The molecule has 0 saturated heterocycles. The minimum atomic E-state index is -0.544. The summed E-state index contributed by atoms with van der Waals surface area (Å²) in [5, 5.41) is 1.34. The second-order valence-corrected chi connectivity index (χ2v) is 8.78. The van der Waals surface area contributed by atoms with Crippen molar-refractivity contribution in [3.8, 4) is 5.75 Å². The second kappa shape index (κ2) is 8.95. The number of ketones is 1. The number of carbonyl (C=O) groups excluding carboxylic acids is 2. The van der Waals surface area contributed by atoms with E-state index in [0.717, 1.165) is 39.7 Å². The third kappa shape index (κ3) is 5.77. The summed E-state index contributed by atoms with van der Waals surface area (Å²) in [4.78, 5) is 28.6. The maximum absolute atomic E-state index is 12.4. The number of methoxy groups -OCH3 is 1. The van der Waals surface area contributed by atoms with Crippen molar-refractivity contribution in [2.24, 2.45) is 0 Å². The number of alkyl halides is 1. The third-order valence-corrected chi connectivity index (χ3v) is 5.21. The topological polar surface area (TPSA) is 65.5 Å². The van der Waals surface area contributed by atoms with E-state index >= 15 is 0 Å². The lowest BCUT2D eigenvalue weighted by molar-refractivity contribution is -0.154. The number of hydrogen-bond acceptors (Lipinski definition) is 6. The number of halogens is 1. The molecule has 2 rings (SSSR count). The normalized spacial score (nSPS) is 11.6. The predicted octanol–water partition coefficient (Wildman–Crippen LogP) is 4.94. The van der Waals surface area contributed by atoms with Crippen molar-refractivity contribution >= 4 is 49.2 Å². The van der Waals surface area contributed by atoms with Gasteiger partial charge in [0.25, 0.3) is 0 Å². The van der Waals surface area contributed by atoms with Crippen LogP contribution < -0.4 is 4.74 Å². The monoisotopic (exact) mass is 441 g/mol. The first-order chi connectivity index (χ1) is 12.2. The van der Waals surface area contributed by atoms with Crippen LogP contribution in [0.5, 0.6) is 5.75 Å². The van der Waals surface area contributed by atoms with Crippen LogP contribution in [0.2, 0.25) is 0 Å². The number of ether oxygens (including phenoxy) is 2. The van der Waals surface area contributed by atoms with E-state index in [4.69, 9.17) is 9.47 Å². The number of hydrogen-bond donors (Lipinski definition) is 0. The van der Waals surface area contributed by atoms with Crippen molar-refractivity contribution in [1.29, 1.82) is 0 Å². The second-order valence-electron chi connectivity index (χ2n) is 6.95. The number of fused-ring (bicyclic) bond motifs is 1. The highest BCUT2D eigenvalue weighted by atomic mass is 79.9. The molecule has 0 saturated carbocycles. The van der Waals surface area contributed by atoms with Gasteiger partial charge < -0.3 is 9.47 Å². The lowest BCUT2D eigenvalue weighted by atomic mass is 10.1. The molecule has 0 aliphatic heterocycles. The quantitative estimate of drug-likeness (QED) is 0.329. The Kier molecular flexibility index (Phi) is 7.17. The van der Waals surface area contributed by atoms with Crippen molar-refractivity contribution in [3.63, 3.8) is 0 Å². The number of benzene rings is 1. The van der Waals surface area contributed by atoms with E-state index in [2.05, 4.69) is 20.9 Å². The number of Topliss-reactive ketones (excluding diaryl/α,β-unsaturated/α-hetero) is 1. The first kappa shape index (κ1) is 20.8. The molecule has 26 heavy (non-hydrogen) atoms. The third-order valence-electron chi connectivity index (χ3n) is 3.59. The fourth-order valence-corrected chi connectivity index (χ4v) is 3.70. The Hall–Kier alpha value is -1.47. The molecule has 0 amide bonds. The maximum atomic E-state index is 12.4. The van der Waals surface area contributed by atoms with Gasteiger partial charge >= 0.3 is 5.97 Å².